The second kappa shape index (κ2) is 7.07. The Morgan fingerprint density at radius 3 is 2.86 bits per heavy atom. The summed E-state index contributed by atoms with van der Waals surface area (Å²) in [6.45, 7) is 1.85. The number of hydrogen-bond acceptors (Lipinski definition) is 5. The number of amides is 1. The van der Waals surface area contributed by atoms with Crippen LogP contribution in [0.15, 0.2) is 48.8 Å². The van der Waals surface area contributed by atoms with Gasteiger partial charge in [0.2, 0.25) is 5.91 Å². The number of aromatic nitrogens is 4. The Balaban J connectivity index is 1.52. The molecule has 0 saturated carbocycles. The summed E-state index contributed by atoms with van der Waals surface area (Å²) in [4.78, 5) is 20.7. The first-order valence-corrected chi connectivity index (χ1v) is 8.61. The maximum Gasteiger partial charge on any atom is 0.230 e. The summed E-state index contributed by atoms with van der Waals surface area (Å²) in [5.74, 6) is 0.0709. The lowest BCUT2D eigenvalue weighted by atomic mass is 10.1. The van der Waals surface area contributed by atoms with Crippen LogP contribution in [-0.4, -0.2) is 26.1 Å². The van der Waals surface area contributed by atoms with Gasteiger partial charge in [-0.2, -0.15) is 5.10 Å². The molecule has 7 nitrogen and oxygen atoms in total. The van der Waals surface area contributed by atoms with E-state index in [0.717, 1.165) is 22.1 Å². The van der Waals surface area contributed by atoms with Crippen molar-refractivity contribution in [2.24, 2.45) is 0 Å². The molecule has 0 fully saturated rings. The molecule has 0 unspecified atom stereocenters. The van der Waals surface area contributed by atoms with Gasteiger partial charge >= 0.3 is 0 Å². The minimum absolute atomic E-state index is 0.0620. The number of aromatic amines is 1. The summed E-state index contributed by atoms with van der Waals surface area (Å²) in [5.41, 5.74) is 9.35. The lowest BCUT2D eigenvalue weighted by Gasteiger charge is -2.08. The van der Waals surface area contributed by atoms with E-state index >= 15 is 0 Å². The summed E-state index contributed by atoms with van der Waals surface area (Å²) < 4.78 is 13.8. The fraction of sp³-hybridized carbons (Fsp3) is 0.100. The van der Waals surface area contributed by atoms with Crippen molar-refractivity contribution in [1.82, 2.24) is 20.2 Å². The van der Waals surface area contributed by atoms with E-state index in [4.69, 9.17) is 5.73 Å². The van der Waals surface area contributed by atoms with Crippen LogP contribution in [0.25, 0.3) is 22.2 Å². The van der Waals surface area contributed by atoms with Gasteiger partial charge in [-0.05, 0) is 42.3 Å². The first kappa shape index (κ1) is 17.6. The van der Waals surface area contributed by atoms with E-state index in [-0.39, 0.29) is 12.3 Å². The maximum atomic E-state index is 13.8. The summed E-state index contributed by atoms with van der Waals surface area (Å²) in [5, 5.41) is 10.2. The number of carbonyl (C=O) groups is 1. The van der Waals surface area contributed by atoms with Crippen LogP contribution in [0, 0.1) is 12.7 Å². The maximum absolute atomic E-state index is 13.8. The molecule has 8 heteroatoms. The monoisotopic (exact) mass is 376 g/mol. The van der Waals surface area contributed by atoms with Gasteiger partial charge < -0.3 is 11.1 Å². The molecule has 0 aliphatic rings. The lowest BCUT2D eigenvalue weighted by Crippen LogP contribution is -2.16. The molecule has 0 aliphatic heterocycles. The Morgan fingerprint density at radius 1 is 1.21 bits per heavy atom. The molecule has 3 heterocycles. The van der Waals surface area contributed by atoms with E-state index in [1.165, 1.54) is 6.07 Å². The second-order valence-electron chi connectivity index (χ2n) is 6.45. The van der Waals surface area contributed by atoms with Gasteiger partial charge in [-0.15, -0.1) is 0 Å². The highest BCUT2D eigenvalue weighted by atomic mass is 19.1. The topological polar surface area (TPSA) is 110 Å². The third-order valence-corrected chi connectivity index (χ3v) is 4.38. The predicted molar refractivity (Wildman–Crippen MR) is 105 cm³/mol. The number of nitrogens with zero attached hydrogens (tertiary/aromatic N) is 3. The van der Waals surface area contributed by atoms with Gasteiger partial charge in [-0.1, -0.05) is 17.7 Å². The fourth-order valence-corrected chi connectivity index (χ4v) is 3.04. The molecule has 28 heavy (non-hydrogen) atoms. The van der Waals surface area contributed by atoms with Crippen molar-refractivity contribution in [3.8, 4) is 11.1 Å². The largest absolute Gasteiger partial charge is 0.383 e. The van der Waals surface area contributed by atoms with E-state index in [1.807, 2.05) is 19.1 Å². The first-order valence-electron chi connectivity index (χ1n) is 8.61. The number of anilines is 2. The lowest BCUT2D eigenvalue weighted by molar-refractivity contribution is -0.115. The fourth-order valence-electron chi connectivity index (χ4n) is 3.04. The van der Waals surface area contributed by atoms with Crippen LogP contribution in [0.1, 0.15) is 11.1 Å². The van der Waals surface area contributed by atoms with Gasteiger partial charge in [0, 0.05) is 18.0 Å². The number of aryl methyl sites for hydroxylation is 1. The first-order chi connectivity index (χ1) is 13.5. The van der Waals surface area contributed by atoms with Crippen LogP contribution in [0.2, 0.25) is 0 Å². The summed E-state index contributed by atoms with van der Waals surface area (Å²) >= 11 is 0. The molecule has 0 aliphatic carbocycles. The molecule has 4 rings (SSSR count). The number of nitrogen functional groups attached to an aromatic ring is 1. The zero-order valence-corrected chi connectivity index (χ0v) is 15.0. The number of halogens is 1. The zero-order chi connectivity index (χ0) is 19.7. The van der Waals surface area contributed by atoms with Crippen molar-refractivity contribution < 1.29 is 9.18 Å². The number of rotatable bonds is 4. The Bertz CT molecular complexity index is 1170. The molecular formula is C20H17FN6O. The number of fused-ring (bicyclic) bond motifs is 1. The Hall–Kier alpha value is -3.81. The Labute approximate surface area is 159 Å². The van der Waals surface area contributed by atoms with Crippen LogP contribution in [0.3, 0.4) is 0 Å². The SMILES string of the molecule is Cc1ccc(F)c(CC(=O)Nc2ccc(-c3ccnc4n[nH]c(N)c34)cn2)c1. The van der Waals surface area contributed by atoms with E-state index < -0.39 is 5.82 Å². The summed E-state index contributed by atoms with van der Waals surface area (Å²) in [6.07, 6.45) is 3.21. The van der Waals surface area contributed by atoms with E-state index in [0.29, 0.717) is 22.8 Å². The van der Waals surface area contributed by atoms with Crippen molar-refractivity contribution in [1.29, 1.82) is 0 Å². The molecule has 1 amide bonds. The quantitative estimate of drug-likeness (QED) is 0.507. The minimum atomic E-state index is -0.400. The van der Waals surface area contributed by atoms with Crippen LogP contribution in [0.5, 0.6) is 0 Å². The normalized spacial score (nSPS) is 10.9. The molecule has 140 valence electrons. The van der Waals surface area contributed by atoms with Gasteiger partial charge in [0.05, 0.1) is 11.8 Å². The summed E-state index contributed by atoms with van der Waals surface area (Å²) in [6, 6.07) is 10.0. The predicted octanol–water partition coefficient (Wildman–Crippen LogP) is 3.23. The van der Waals surface area contributed by atoms with Crippen molar-refractivity contribution in [2.45, 2.75) is 13.3 Å². The van der Waals surface area contributed by atoms with Crippen molar-refractivity contribution in [2.75, 3.05) is 11.1 Å². The highest BCUT2D eigenvalue weighted by Crippen LogP contribution is 2.29. The highest BCUT2D eigenvalue weighted by Gasteiger charge is 2.12. The van der Waals surface area contributed by atoms with Gasteiger partial charge in [0.15, 0.2) is 5.65 Å². The van der Waals surface area contributed by atoms with Gasteiger partial charge in [-0.25, -0.2) is 14.4 Å². The van der Waals surface area contributed by atoms with Crippen LogP contribution < -0.4 is 11.1 Å². The second-order valence-corrected chi connectivity index (χ2v) is 6.45. The Kier molecular flexibility index (Phi) is 4.44. The Morgan fingerprint density at radius 2 is 2.07 bits per heavy atom. The average Bonchev–Trinajstić information content (AvgIpc) is 3.07. The number of nitrogens with one attached hydrogen (secondary N) is 2. The molecule has 0 atom stereocenters. The number of nitrogens with two attached hydrogens (primary N) is 1. The molecule has 1 aromatic carbocycles. The van der Waals surface area contributed by atoms with Gasteiger partial charge in [0.25, 0.3) is 0 Å². The van der Waals surface area contributed by atoms with Crippen LogP contribution in [-0.2, 0) is 11.2 Å². The minimum Gasteiger partial charge on any atom is -0.383 e. The van der Waals surface area contributed by atoms with E-state index in [2.05, 4.69) is 25.5 Å². The number of pyridine rings is 2. The van der Waals surface area contributed by atoms with E-state index in [1.54, 1.807) is 30.6 Å². The number of carbonyl (C=O) groups excluding carboxylic acids is 1. The third kappa shape index (κ3) is 3.39. The summed E-state index contributed by atoms with van der Waals surface area (Å²) in [7, 11) is 0. The van der Waals surface area contributed by atoms with Crippen molar-refractivity contribution in [3.63, 3.8) is 0 Å². The molecule has 0 spiro atoms. The highest BCUT2D eigenvalue weighted by molar-refractivity contribution is 5.99. The molecule has 4 N–H and O–H groups in total. The van der Waals surface area contributed by atoms with Crippen molar-refractivity contribution >= 4 is 28.6 Å². The molecule has 4 aromatic rings. The van der Waals surface area contributed by atoms with Gasteiger partial charge in [-0.3, -0.25) is 9.89 Å². The smallest absolute Gasteiger partial charge is 0.230 e. The standard InChI is InChI=1S/C20H17FN6O/c1-11-2-4-15(21)13(8-11)9-17(28)25-16-5-3-12(10-24-16)14-6-7-23-20-18(14)19(22)26-27-20/h2-8,10H,9H2,1H3,(H,24,25,28)(H3,22,23,26,27). The third-order valence-electron chi connectivity index (χ3n) is 4.38. The molecule has 0 saturated heterocycles. The molecule has 0 bridgehead atoms. The number of benzene rings is 1. The van der Waals surface area contributed by atoms with E-state index in [9.17, 15) is 9.18 Å². The zero-order valence-electron chi connectivity index (χ0n) is 15.0. The molecular weight excluding hydrogens is 359 g/mol. The van der Waals surface area contributed by atoms with Crippen molar-refractivity contribution in [3.05, 3.63) is 65.7 Å². The molecule has 0 radical (unpaired) electrons. The molecule has 3 aromatic heterocycles. The average molecular weight is 376 g/mol. The van der Waals surface area contributed by atoms with Crippen LogP contribution >= 0.6 is 0 Å². The number of hydrogen-bond donors (Lipinski definition) is 3. The number of H-pyrrole nitrogens is 1. The van der Waals surface area contributed by atoms with Crippen LogP contribution in [0.4, 0.5) is 16.0 Å². The van der Waals surface area contributed by atoms with Gasteiger partial charge in [0.1, 0.15) is 17.5 Å².